The summed E-state index contributed by atoms with van der Waals surface area (Å²) in [5.41, 5.74) is 1.71. The Hall–Kier alpha value is -1.90. The third-order valence-electron chi connectivity index (χ3n) is 3.84. The highest BCUT2D eigenvalue weighted by Crippen LogP contribution is 2.11. The lowest BCUT2D eigenvalue weighted by molar-refractivity contribution is -0.121. The van der Waals surface area contributed by atoms with Crippen molar-refractivity contribution in [1.82, 2.24) is 5.32 Å². The number of carbonyl (C=O) groups excluding carboxylic acids is 1. The molecule has 124 valence electrons. The van der Waals surface area contributed by atoms with Gasteiger partial charge in [0, 0.05) is 26.2 Å². The van der Waals surface area contributed by atoms with E-state index in [0.29, 0.717) is 38.2 Å². The highest BCUT2D eigenvalue weighted by atomic mass is 16.5. The predicted molar refractivity (Wildman–Crippen MR) is 86.9 cm³/mol. The monoisotopic (exact) mass is 316 g/mol. The van der Waals surface area contributed by atoms with E-state index in [2.05, 4.69) is 11.4 Å². The predicted octanol–water partition coefficient (Wildman–Crippen LogP) is 2.19. The van der Waals surface area contributed by atoms with E-state index < -0.39 is 0 Å². The van der Waals surface area contributed by atoms with Crippen molar-refractivity contribution in [3.05, 3.63) is 35.4 Å². The molecule has 0 radical (unpaired) electrons. The average molecular weight is 316 g/mol. The first kappa shape index (κ1) is 17.5. The Bertz CT molecular complexity index is 516. The highest BCUT2D eigenvalue weighted by Gasteiger charge is 2.14. The van der Waals surface area contributed by atoms with Crippen molar-refractivity contribution in [2.45, 2.75) is 38.2 Å². The van der Waals surface area contributed by atoms with E-state index in [9.17, 15) is 4.79 Å². The second-order valence-corrected chi connectivity index (χ2v) is 5.72. The molecule has 1 heterocycles. The number of ether oxygens (including phenoxy) is 2. The second-order valence-electron chi connectivity index (χ2n) is 5.72. The minimum absolute atomic E-state index is 0.0495. The molecule has 0 aliphatic carbocycles. The fourth-order valence-electron chi connectivity index (χ4n) is 2.48. The van der Waals surface area contributed by atoms with E-state index in [4.69, 9.17) is 14.7 Å². The molecule has 0 saturated carbocycles. The lowest BCUT2D eigenvalue weighted by atomic mass is 10.1. The number of amides is 1. The molecule has 1 saturated heterocycles. The Morgan fingerprint density at radius 1 is 1.39 bits per heavy atom. The maximum atomic E-state index is 11.8. The summed E-state index contributed by atoms with van der Waals surface area (Å²) in [5.74, 6) is 0.0495. The summed E-state index contributed by atoms with van der Waals surface area (Å²) < 4.78 is 11.0. The number of benzene rings is 1. The molecule has 1 N–H and O–H groups in total. The fourth-order valence-corrected chi connectivity index (χ4v) is 2.48. The maximum Gasteiger partial charge on any atom is 0.220 e. The van der Waals surface area contributed by atoms with Crippen LogP contribution in [0.1, 0.15) is 36.8 Å². The molecule has 23 heavy (non-hydrogen) atoms. The van der Waals surface area contributed by atoms with Crippen LogP contribution in [0.25, 0.3) is 0 Å². The van der Waals surface area contributed by atoms with Crippen LogP contribution in [-0.4, -0.2) is 38.4 Å². The summed E-state index contributed by atoms with van der Waals surface area (Å²) in [6.45, 7) is 2.80. The maximum absolute atomic E-state index is 11.8. The van der Waals surface area contributed by atoms with E-state index in [0.717, 1.165) is 31.4 Å². The van der Waals surface area contributed by atoms with Crippen molar-refractivity contribution in [3.8, 4) is 6.07 Å². The van der Waals surface area contributed by atoms with Gasteiger partial charge in [-0.05, 0) is 43.4 Å². The van der Waals surface area contributed by atoms with E-state index in [1.807, 2.05) is 12.1 Å². The first-order chi connectivity index (χ1) is 11.3. The van der Waals surface area contributed by atoms with Crippen LogP contribution in [-0.2, 0) is 20.7 Å². The lowest BCUT2D eigenvalue weighted by Gasteiger charge is -2.10. The van der Waals surface area contributed by atoms with Gasteiger partial charge in [0.15, 0.2) is 0 Å². The van der Waals surface area contributed by atoms with Crippen LogP contribution >= 0.6 is 0 Å². The molecule has 1 aliphatic heterocycles. The molecule has 1 aromatic carbocycles. The van der Waals surface area contributed by atoms with Crippen LogP contribution in [0.5, 0.6) is 0 Å². The van der Waals surface area contributed by atoms with Crippen molar-refractivity contribution < 1.29 is 14.3 Å². The van der Waals surface area contributed by atoms with E-state index in [1.54, 1.807) is 12.1 Å². The molecule has 1 atom stereocenters. The normalized spacial score (nSPS) is 16.9. The first-order valence-corrected chi connectivity index (χ1v) is 8.23. The molecule has 0 bridgehead atoms. The number of rotatable bonds is 9. The topological polar surface area (TPSA) is 71.4 Å². The SMILES string of the molecule is N#Cc1ccc(CCC(=O)NCCCOCC2CCCO2)cc1. The Balaban J connectivity index is 1.48. The summed E-state index contributed by atoms with van der Waals surface area (Å²) in [6, 6.07) is 9.42. The molecular weight excluding hydrogens is 292 g/mol. The molecule has 0 spiro atoms. The molecule has 5 heteroatoms. The van der Waals surface area contributed by atoms with Gasteiger partial charge in [0.1, 0.15) is 0 Å². The molecule has 5 nitrogen and oxygen atoms in total. The molecule has 0 aromatic heterocycles. The third kappa shape index (κ3) is 6.81. The van der Waals surface area contributed by atoms with Crippen molar-refractivity contribution in [3.63, 3.8) is 0 Å². The standard InChI is InChI=1S/C18H24N2O3/c19-13-16-6-4-15(5-7-16)8-9-18(21)20-10-2-11-22-14-17-3-1-12-23-17/h4-7,17H,1-3,8-12,14H2,(H,20,21). The first-order valence-electron chi connectivity index (χ1n) is 8.23. The number of carbonyl (C=O) groups is 1. The second kappa shape index (κ2) is 9.98. The molecular formula is C18H24N2O3. The number of nitriles is 1. The van der Waals surface area contributed by atoms with E-state index in [1.165, 1.54) is 0 Å². The fraction of sp³-hybridized carbons (Fsp3) is 0.556. The van der Waals surface area contributed by atoms with Crippen LogP contribution in [0, 0.1) is 11.3 Å². The zero-order valence-corrected chi connectivity index (χ0v) is 13.4. The van der Waals surface area contributed by atoms with Crippen molar-refractivity contribution in [2.75, 3.05) is 26.4 Å². The minimum atomic E-state index is 0.0495. The molecule has 1 amide bonds. The number of hydrogen-bond acceptors (Lipinski definition) is 4. The Morgan fingerprint density at radius 2 is 2.22 bits per heavy atom. The summed E-state index contributed by atoms with van der Waals surface area (Å²) in [6.07, 6.45) is 4.44. The van der Waals surface area contributed by atoms with Crippen LogP contribution in [0.4, 0.5) is 0 Å². The van der Waals surface area contributed by atoms with Gasteiger partial charge in [-0.3, -0.25) is 4.79 Å². The van der Waals surface area contributed by atoms with E-state index >= 15 is 0 Å². The summed E-state index contributed by atoms with van der Waals surface area (Å²) in [7, 11) is 0. The average Bonchev–Trinajstić information content (AvgIpc) is 3.10. The van der Waals surface area contributed by atoms with Gasteiger partial charge in [0.05, 0.1) is 24.3 Å². The summed E-state index contributed by atoms with van der Waals surface area (Å²) in [5, 5.41) is 11.6. The minimum Gasteiger partial charge on any atom is -0.379 e. The van der Waals surface area contributed by atoms with Crippen LogP contribution in [0.3, 0.4) is 0 Å². The van der Waals surface area contributed by atoms with Gasteiger partial charge < -0.3 is 14.8 Å². The van der Waals surface area contributed by atoms with Gasteiger partial charge >= 0.3 is 0 Å². The van der Waals surface area contributed by atoms with Crippen LogP contribution in [0.2, 0.25) is 0 Å². The van der Waals surface area contributed by atoms with Gasteiger partial charge in [-0.2, -0.15) is 5.26 Å². The molecule has 1 fully saturated rings. The number of nitrogens with zero attached hydrogens (tertiary/aromatic N) is 1. The number of aryl methyl sites for hydroxylation is 1. The Morgan fingerprint density at radius 3 is 2.91 bits per heavy atom. The Labute approximate surface area is 137 Å². The molecule has 1 aromatic rings. The largest absolute Gasteiger partial charge is 0.379 e. The van der Waals surface area contributed by atoms with Crippen molar-refractivity contribution >= 4 is 5.91 Å². The van der Waals surface area contributed by atoms with Crippen molar-refractivity contribution in [1.29, 1.82) is 5.26 Å². The number of nitrogens with one attached hydrogen (secondary N) is 1. The van der Waals surface area contributed by atoms with Gasteiger partial charge in [-0.15, -0.1) is 0 Å². The van der Waals surface area contributed by atoms with E-state index in [-0.39, 0.29) is 12.0 Å². The van der Waals surface area contributed by atoms with Gasteiger partial charge in [0.2, 0.25) is 5.91 Å². The van der Waals surface area contributed by atoms with Crippen molar-refractivity contribution in [2.24, 2.45) is 0 Å². The highest BCUT2D eigenvalue weighted by molar-refractivity contribution is 5.76. The van der Waals surface area contributed by atoms with Gasteiger partial charge in [-0.25, -0.2) is 0 Å². The zero-order chi connectivity index (χ0) is 16.3. The summed E-state index contributed by atoms with van der Waals surface area (Å²) in [4.78, 5) is 11.8. The third-order valence-corrected chi connectivity index (χ3v) is 3.84. The Kier molecular flexibility index (Phi) is 7.58. The van der Waals surface area contributed by atoms with Crippen LogP contribution in [0.15, 0.2) is 24.3 Å². The van der Waals surface area contributed by atoms with Gasteiger partial charge in [-0.1, -0.05) is 12.1 Å². The number of hydrogen-bond donors (Lipinski definition) is 1. The molecule has 2 rings (SSSR count). The molecule has 1 aliphatic rings. The quantitative estimate of drug-likeness (QED) is 0.709. The van der Waals surface area contributed by atoms with Crippen LogP contribution < -0.4 is 5.32 Å². The zero-order valence-electron chi connectivity index (χ0n) is 13.4. The molecule has 1 unspecified atom stereocenters. The van der Waals surface area contributed by atoms with Gasteiger partial charge in [0.25, 0.3) is 0 Å². The lowest BCUT2D eigenvalue weighted by Crippen LogP contribution is -2.26. The smallest absolute Gasteiger partial charge is 0.220 e. The summed E-state index contributed by atoms with van der Waals surface area (Å²) >= 11 is 0.